The number of anilines is 1. The van der Waals surface area contributed by atoms with Crippen molar-refractivity contribution in [3.05, 3.63) is 30.0 Å². The molecule has 0 radical (unpaired) electrons. The molecule has 1 fully saturated rings. The molecule has 0 spiro atoms. The summed E-state index contributed by atoms with van der Waals surface area (Å²) in [6, 6.07) is 4.28. The van der Waals surface area contributed by atoms with E-state index >= 15 is 0 Å². The first-order chi connectivity index (χ1) is 13.1. The van der Waals surface area contributed by atoms with Crippen LogP contribution in [0.3, 0.4) is 0 Å². The van der Waals surface area contributed by atoms with Crippen molar-refractivity contribution >= 4 is 23.2 Å². The second kappa shape index (κ2) is 7.34. The van der Waals surface area contributed by atoms with Crippen LogP contribution in [0.15, 0.2) is 22.7 Å². The summed E-state index contributed by atoms with van der Waals surface area (Å²) in [6.45, 7) is 3.48. The lowest BCUT2D eigenvalue weighted by Crippen LogP contribution is -2.36. The maximum absolute atomic E-state index is 11.1. The van der Waals surface area contributed by atoms with Crippen LogP contribution in [0, 0.1) is 5.92 Å². The lowest BCUT2D eigenvalue weighted by Gasteiger charge is -2.31. The molecule has 1 unspecified atom stereocenters. The van der Waals surface area contributed by atoms with Crippen molar-refractivity contribution in [2.45, 2.75) is 39.2 Å². The second-order valence-electron chi connectivity index (χ2n) is 6.83. The van der Waals surface area contributed by atoms with Gasteiger partial charge in [-0.05, 0) is 30.9 Å². The number of carbonyl (C=O) groups is 1. The van der Waals surface area contributed by atoms with Gasteiger partial charge in [0.05, 0.1) is 0 Å². The fourth-order valence-electron chi connectivity index (χ4n) is 3.54. The van der Waals surface area contributed by atoms with Crippen molar-refractivity contribution in [1.82, 2.24) is 24.7 Å². The summed E-state index contributed by atoms with van der Waals surface area (Å²) in [6.07, 6.45) is 5.15. The zero-order chi connectivity index (χ0) is 18.8. The van der Waals surface area contributed by atoms with Crippen LogP contribution in [-0.2, 0) is 24.2 Å². The van der Waals surface area contributed by atoms with Crippen LogP contribution < -0.4 is 4.90 Å². The second-order valence-corrected chi connectivity index (χ2v) is 6.83. The molecule has 0 aliphatic carbocycles. The molecule has 0 amide bonds. The maximum Gasteiger partial charge on any atom is 0.325 e. The van der Waals surface area contributed by atoms with E-state index in [-0.39, 0.29) is 6.54 Å². The highest BCUT2D eigenvalue weighted by Gasteiger charge is 2.26. The van der Waals surface area contributed by atoms with Gasteiger partial charge >= 0.3 is 5.97 Å². The standard InChI is InChI=1S/C18H22N6O3/c1-2-14-20-15(24(22-14)11-16(25)26)9-12-5-4-8-23(10-12)18-21-17-13(27-18)6-3-7-19-17/h3,6-7,12H,2,4-5,8-11H2,1H3,(H,25,26). The lowest BCUT2D eigenvalue weighted by atomic mass is 9.94. The van der Waals surface area contributed by atoms with Crippen molar-refractivity contribution < 1.29 is 14.3 Å². The van der Waals surface area contributed by atoms with E-state index in [1.54, 1.807) is 6.20 Å². The van der Waals surface area contributed by atoms with Crippen LogP contribution in [0.25, 0.3) is 11.2 Å². The molecule has 9 nitrogen and oxygen atoms in total. The van der Waals surface area contributed by atoms with Crippen molar-refractivity contribution in [3.8, 4) is 0 Å². The molecule has 1 saturated heterocycles. The number of nitrogens with zero attached hydrogens (tertiary/aromatic N) is 6. The molecular weight excluding hydrogens is 348 g/mol. The van der Waals surface area contributed by atoms with Crippen LogP contribution in [0.1, 0.15) is 31.4 Å². The van der Waals surface area contributed by atoms with E-state index in [1.165, 1.54) is 4.68 Å². The van der Waals surface area contributed by atoms with Crippen molar-refractivity contribution in [1.29, 1.82) is 0 Å². The summed E-state index contributed by atoms with van der Waals surface area (Å²) in [5.41, 5.74) is 1.30. The maximum atomic E-state index is 11.1. The van der Waals surface area contributed by atoms with Crippen LogP contribution in [-0.4, -0.2) is 48.9 Å². The molecule has 142 valence electrons. The van der Waals surface area contributed by atoms with Gasteiger partial charge in [0.15, 0.2) is 11.4 Å². The molecule has 1 atom stereocenters. The van der Waals surface area contributed by atoms with Crippen molar-refractivity contribution in [2.75, 3.05) is 18.0 Å². The molecule has 0 bridgehead atoms. The number of carboxylic acids is 1. The van der Waals surface area contributed by atoms with E-state index in [0.717, 1.165) is 31.8 Å². The molecule has 3 aromatic heterocycles. The highest BCUT2D eigenvalue weighted by atomic mass is 16.4. The Morgan fingerprint density at radius 3 is 3.07 bits per heavy atom. The van der Waals surface area contributed by atoms with E-state index < -0.39 is 5.97 Å². The molecule has 0 saturated carbocycles. The number of oxazole rings is 1. The third-order valence-corrected chi connectivity index (χ3v) is 4.81. The van der Waals surface area contributed by atoms with E-state index in [0.29, 0.717) is 41.8 Å². The summed E-state index contributed by atoms with van der Waals surface area (Å²) >= 11 is 0. The Bertz CT molecular complexity index is 917. The number of pyridine rings is 1. The first kappa shape index (κ1) is 17.4. The van der Waals surface area contributed by atoms with Gasteiger partial charge < -0.3 is 14.4 Å². The molecule has 4 rings (SSSR count). The Hall–Kier alpha value is -2.97. The predicted molar refractivity (Wildman–Crippen MR) is 97.5 cm³/mol. The predicted octanol–water partition coefficient (Wildman–Crippen LogP) is 1.92. The van der Waals surface area contributed by atoms with Crippen LogP contribution >= 0.6 is 0 Å². The zero-order valence-corrected chi connectivity index (χ0v) is 15.2. The molecule has 4 heterocycles. The number of aryl methyl sites for hydroxylation is 1. The van der Waals surface area contributed by atoms with Gasteiger partial charge in [0, 0.05) is 32.1 Å². The van der Waals surface area contributed by atoms with Crippen LogP contribution in [0.5, 0.6) is 0 Å². The number of fused-ring (bicyclic) bond motifs is 1. The number of hydrogen-bond acceptors (Lipinski definition) is 7. The minimum absolute atomic E-state index is 0.157. The number of rotatable bonds is 6. The average Bonchev–Trinajstić information content (AvgIpc) is 3.25. The quantitative estimate of drug-likeness (QED) is 0.701. The molecule has 9 heteroatoms. The average molecular weight is 370 g/mol. The van der Waals surface area contributed by atoms with Gasteiger partial charge in [-0.2, -0.15) is 10.1 Å². The van der Waals surface area contributed by atoms with Crippen LogP contribution in [0.2, 0.25) is 0 Å². The summed E-state index contributed by atoms with van der Waals surface area (Å²) in [7, 11) is 0. The molecule has 1 N–H and O–H groups in total. The summed E-state index contributed by atoms with van der Waals surface area (Å²) < 4.78 is 7.36. The summed E-state index contributed by atoms with van der Waals surface area (Å²) in [5.74, 6) is 0.848. The van der Waals surface area contributed by atoms with Gasteiger partial charge in [0.2, 0.25) is 5.65 Å². The number of hydrogen-bond donors (Lipinski definition) is 1. The normalized spacial score (nSPS) is 17.5. The van der Waals surface area contributed by atoms with Gasteiger partial charge in [0.25, 0.3) is 6.01 Å². The molecular formula is C18H22N6O3. The van der Waals surface area contributed by atoms with Gasteiger partial charge in [0.1, 0.15) is 12.4 Å². The third-order valence-electron chi connectivity index (χ3n) is 4.81. The largest absolute Gasteiger partial charge is 0.480 e. The van der Waals surface area contributed by atoms with Gasteiger partial charge in [-0.15, -0.1) is 0 Å². The minimum atomic E-state index is -0.909. The highest BCUT2D eigenvalue weighted by molar-refractivity contribution is 5.69. The molecule has 3 aromatic rings. The number of aromatic nitrogens is 5. The Balaban J connectivity index is 1.50. The number of carboxylic acid groups (broad SMARTS) is 1. The first-order valence-electron chi connectivity index (χ1n) is 9.23. The van der Waals surface area contributed by atoms with Gasteiger partial charge in [-0.1, -0.05) is 6.92 Å². The number of aliphatic carboxylic acids is 1. The topological polar surface area (TPSA) is 110 Å². The summed E-state index contributed by atoms with van der Waals surface area (Å²) in [5, 5.41) is 13.4. The van der Waals surface area contributed by atoms with Crippen LogP contribution in [0.4, 0.5) is 6.01 Å². The molecule has 0 aromatic carbocycles. The third kappa shape index (κ3) is 3.76. The highest BCUT2D eigenvalue weighted by Crippen LogP contribution is 2.27. The fraction of sp³-hybridized carbons (Fsp3) is 0.500. The monoisotopic (exact) mass is 370 g/mol. The Kier molecular flexibility index (Phi) is 4.74. The first-order valence-corrected chi connectivity index (χ1v) is 9.23. The molecule has 1 aliphatic heterocycles. The van der Waals surface area contributed by atoms with E-state index in [9.17, 15) is 4.79 Å². The Morgan fingerprint density at radius 1 is 1.41 bits per heavy atom. The Morgan fingerprint density at radius 2 is 2.30 bits per heavy atom. The fourth-order valence-corrected chi connectivity index (χ4v) is 3.54. The SMILES string of the molecule is CCc1nc(CC2CCCN(c3nc4ncccc4o3)C2)n(CC(=O)O)n1. The zero-order valence-electron chi connectivity index (χ0n) is 15.2. The van der Waals surface area contributed by atoms with Gasteiger partial charge in [-0.3, -0.25) is 4.79 Å². The van der Waals surface area contributed by atoms with E-state index in [2.05, 4.69) is 25.0 Å². The lowest BCUT2D eigenvalue weighted by molar-refractivity contribution is -0.137. The minimum Gasteiger partial charge on any atom is -0.480 e. The molecule has 27 heavy (non-hydrogen) atoms. The summed E-state index contributed by atoms with van der Waals surface area (Å²) in [4.78, 5) is 26.5. The van der Waals surface area contributed by atoms with E-state index in [4.69, 9.17) is 9.52 Å². The molecule has 1 aliphatic rings. The van der Waals surface area contributed by atoms with Crippen molar-refractivity contribution in [3.63, 3.8) is 0 Å². The number of piperidine rings is 1. The van der Waals surface area contributed by atoms with Gasteiger partial charge in [-0.25, -0.2) is 14.6 Å². The van der Waals surface area contributed by atoms with E-state index in [1.807, 2.05) is 19.1 Å². The van der Waals surface area contributed by atoms with Crippen molar-refractivity contribution in [2.24, 2.45) is 5.92 Å². The smallest absolute Gasteiger partial charge is 0.325 e. The Labute approximate surface area is 156 Å².